The molecular formula is C9H12N6O4. The Balaban J connectivity index is 1.99. The van der Waals surface area contributed by atoms with Crippen LogP contribution in [0.2, 0.25) is 0 Å². The van der Waals surface area contributed by atoms with Crippen LogP contribution in [-0.2, 0) is 4.74 Å². The summed E-state index contributed by atoms with van der Waals surface area (Å²) in [5, 5.41) is 36.6. The maximum Gasteiger partial charge on any atom is 0.207 e. The fourth-order valence-electron chi connectivity index (χ4n) is 1.96. The molecule has 1 aliphatic rings. The summed E-state index contributed by atoms with van der Waals surface area (Å²) in [6.07, 6.45) is -3.13. The van der Waals surface area contributed by atoms with Gasteiger partial charge >= 0.3 is 0 Å². The first kappa shape index (κ1) is 12.2. The van der Waals surface area contributed by atoms with E-state index in [2.05, 4.69) is 20.2 Å². The summed E-state index contributed by atoms with van der Waals surface area (Å²) >= 11 is 0. The molecule has 3 rings (SSSR count). The van der Waals surface area contributed by atoms with Gasteiger partial charge in [0, 0.05) is 0 Å². The molecule has 0 aliphatic carbocycles. The van der Waals surface area contributed by atoms with E-state index in [1.54, 1.807) is 0 Å². The molecule has 102 valence electrons. The van der Waals surface area contributed by atoms with Gasteiger partial charge in [-0.25, -0.2) is 9.97 Å². The quantitative estimate of drug-likeness (QED) is 0.459. The molecule has 10 nitrogen and oxygen atoms in total. The van der Waals surface area contributed by atoms with Gasteiger partial charge in [0.05, 0.1) is 6.61 Å². The van der Waals surface area contributed by atoms with Crippen molar-refractivity contribution >= 4 is 17.0 Å². The number of nitrogens with zero attached hydrogens (tertiary/aromatic N) is 5. The first-order valence-corrected chi connectivity index (χ1v) is 5.57. The first-order valence-electron chi connectivity index (χ1n) is 5.57. The Kier molecular flexibility index (Phi) is 2.78. The maximum absolute atomic E-state index is 9.85. The lowest BCUT2D eigenvalue weighted by molar-refractivity contribution is -0.0650. The van der Waals surface area contributed by atoms with Gasteiger partial charge in [-0.1, -0.05) is 0 Å². The minimum Gasteiger partial charge on any atom is -0.394 e. The molecule has 5 N–H and O–H groups in total. The lowest BCUT2D eigenvalue weighted by Gasteiger charge is -2.12. The number of fused-ring (bicyclic) bond motifs is 1. The number of anilines is 1. The second-order valence-electron chi connectivity index (χ2n) is 4.18. The standard InChI is InChI=1S/C9H12N6O4/c10-7-4-8(12-2-11-7)14-15(13-4)9-6(18)5(17)3(1-16)19-9/h2-3,5-6,9,16-18H,1H2,(H2,10,11,12,14)/t3-,5-,6+,9-/m0/s1. The lowest BCUT2D eigenvalue weighted by Crippen LogP contribution is -2.33. The molecule has 0 spiro atoms. The van der Waals surface area contributed by atoms with E-state index >= 15 is 0 Å². The third-order valence-electron chi connectivity index (χ3n) is 2.98. The molecule has 0 aromatic carbocycles. The molecule has 1 saturated heterocycles. The van der Waals surface area contributed by atoms with Crippen LogP contribution in [0.1, 0.15) is 6.23 Å². The van der Waals surface area contributed by atoms with E-state index in [0.29, 0.717) is 0 Å². The van der Waals surface area contributed by atoms with E-state index in [1.165, 1.54) is 6.33 Å². The highest BCUT2D eigenvalue weighted by molar-refractivity contribution is 5.79. The molecule has 0 amide bonds. The summed E-state index contributed by atoms with van der Waals surface area (Å²) < 4.78 is 5.29. The van der Waals surface area contributed by atoms with Gasteiger partial charge in [0.15, 0.2) is 17.6 Å². The van der Waals surface area contributed by atoms with E-state index in [4.69, 9.17) is 15.6 Å². The van der Waals surface area contributed by atoms with Crippen LogP contribution in [0.4, 0.5) is 5.82 Å². The second-order valence-corrected chi connectivity index (χ2v) is 4.18. The number of aliphatic hydroxyl groups excluding tert-OH is 3. The van der Waals surface area contributed by atoms with E-state index in [-0.39, 0.29) is 17.0 Å². The van der Waals surface area contributed by atoms with Crippen molar-refractivity contribution in [2.45, 2.75) is 24.5 Å². The van der Waals surface area contributed by atoms with Gasteiger partial charge < -0.3 is 25.8 Å². The smallest absolute Gasteiger partial charge is 0.207 e. The average Bonchev–Trinajstić information content (AvgIpc) is 2.94. The molecule has 3 heterocycles. The third kappa shape index (κ3) is 1.81. The minimum absolute atomic E-state index is 0.156. The molecule has 1 fully saturated rings. The van der Waals surface area contributed by atoms with Crippen LogP contribution in [-0.4, -0.2) is 65.2 Å². The molecular weight excluding hydrogens is 256 g/mol. The van der Waals surface area contributed by atoms with Crippen LogP contribution >= 0.6 is 0 Å². The van der Waals surface area contributed by atoms with Gasteiger partial charge in [-0.05, 0) is 0 Å². The van der Waals surface area contributed by atoms with Crippen molar-refractivity contribution in [2.75, 3.05) is 12.3 Å². The zero-order valence-electron chi connectivity index (χ0n) is 9.66. The van der Waals surface area contributed by atoms with Gasteiger partial charge in [0.25, 0.3) is 0 Å². The van der Waals surface area contributed by atoms with E-state index in [1.807, 2.05) is 0 Å². The van der Waals surface area contributed by atoms with Crippen LogP contribution in [0.25, 0.3) is 11.2 Å². The average molecular weight is 268 g/mol. The number of aliphatic hydroxyl groups is 3. The summed E-state index contributed by atoms with van der Waals surface area (Å²) in [5.74, 6) is 0.156. The van der Waals surface area contributed by atoms with Crippen molar-refractivity contribution in [1.82, 2.24) is 25.0 Å². The lowest BCUT2D eigenvalue weighted by atomic mass is 10.1. The number of nitrogen functional groups attached to an aromatic ring is 1. The molecule has 1 aliphatic heterocycles. The summed E-state index contributed by atoms with van der Waals surface area (Å²) in [6, 6.07) is 0. The molecule has 4 atom stereocenters. The fourth-order valence-corrected chi connectivity index (χ4v) is 1.96. The van der Waals surface area contributed by atoms with Crippen LogP contribution in [0.15, 0.2) is 6.33 Å². The van der Waals surface area contributed by atoms with Gasteiger partial charge in [-0.2, -0.15) is 0 Å². The predicted molar refractivity (Wildman–Crippen MR) is 60.5 cm³/mol. The Morgan fingerprint density at radius 2 is 2.05 bits per heavy atom. The first-order chi connectivity index (χ1) is 9.11. The van der Waals surface area contributed by atoms with Crippen molar-refractivity contribution in [3.8, 4) is 0 Å². The van der Waals surface area contributed by atoms with Crippen molar-refractivity contribution in [3.05, 3.63) is 6.33 Å². The molecule has 19 heavy (non-hydrogen) atoms. The Labute approximate surface area is 106 Å². The topological polar surface area (TPSA) is 152 Å². The van der Waals surface area contributed by atoms with Crippen LogP contribution in [0.5, 0.6) is 0 Å². The zero-order chi connectivity index (χ0) is 13.6. The van der Waals surface area contributed by atoms with Gasteiger partial charge in [0.2, 0.25) is 5.65 Å². The second kappa shape index (κ2) is 4.35. The summed E-state index contributed by atoms with van der Waals surface area (Å²) in [4.78, 5) is 8.72. The SMILES string of the molecule is Nc1ncnc2nn([C@H]3O[C@@H](CO)[C@H](O)[C@H]3O)nc12. The fraction of sp³-hybridized carbons (Fsp3) is 0.556. The number of nitrogens with two attached hydrogens (primary N) is 1. The molecule has 2 aromatic rings. The Morgan fingerprint density at radius 1 is 1.26 bits per heavy atom. The summed E-state index contributed by atoms with van der Waals surface area (Å²) in [5.41, 5.74) is 6.16. The Hall–Kier alpha value is -1.88. The third-order valence-corrected chi connectivity index (χ3v) is 2.98. The van der Waals surface area contributed by atoms with Crippen molar-refractivity contribution in [3.63, 3.8) is 0 Å². The van der Waals surface area contributed by atoms with Crippen molar-refractivity contribution in [1.29, 1.82) is 0 Å². The van der Waals surface area contributed by atoms with E-state index in [9.17, 15) is 10.2 Å². The monoisotopic (exact) mass is 268 g/mol. The Morgan fingerprint density at radius 3 is 2.68 bits per heavy atom. The number of aromatic nitrogens is 5. The van der Waals surface area contributed by atoms with Gasteiger partial charge in [-0.3, -0.25) is 0 Å². The highest BCUT2D eigenvalue weighted by Crippen LogP contribution is 2.28. The van der Waals surface area contributed by atoms with Crippen molar-refractivity contribution in [2.24, 2.45) is 0 Å². The van der Waals surface area contributed by atoms with E-state index in [0.717, 1.165) is 4.80 Å². The molecule has 0 saturated carbocycles. The highest BCUT2D eigenvalue weighted by atomic mass is 16.6. The van der Waals surface area contributed by atoms with Gasteiger partial charge in [0.1, 0.15) is 24.6 Å². The van der Waals surface area contributed by atoms with Gasteiger partial charge in [-0.15, -0.1) is 15.0 Å². The van der Waals surface area contributed by atoms with Crippen LogP contribution in [0, 0.1) is 0 Å². The molecule has 0 radical (unpaired) electrons. The van der Waals surface area contributed by atoms with Crippen molar-refractivity contribution < 1.29 is 20.1 Å². The molecule has 10 heteroatoms. The minimum atomic E-state index is -1.26. The van der Waals surface area contributed by atoms with Crippen LogP contribution < -0.4 is 5.73 Å². The Bertz CT molecular complexity index is 603. The van der Waals surface area contributed by atoms with Crippen LogP contribution in [0.3, 0.4) is 0 Å². The molecule has 0 bridgehead atoms. The van der Waals surface area contributed by atoms with E-state index < -0.39 is 31.1 Å². The largest absolute Gasteiger partial charge is 0.394 e. The molecule has 0 unspecified atom stereocenters. The predicted octanol–water partition coefficient (Wildman–Crippen LogP) is -2.58. The normalized spacial score (nSPS) is 31.1. The number of hydrogen-bond donors (Lipinski definition) is 4. The number of rotatable bonds is 2. The highest BCUT2D eigenvalue weighted by Gasteiger charge is 2.44. The summed E-state index contributed by atoms with van der Waals surface area (Å²) in [6.45, 7) is -0.419. The summed E-state index contributed by atoms with van der Waals surface area (Å²) in [7, 11) is 0. The zero-order valence-corrected chi connectivity index (χ0v) is 9.66. The number of ether oxygens (including phenoxy) is 1. The maximum atomic E-state index is 9.85. The number of hydrogen-bond acceptors (Lipinski definition) is 9. The molecule has 2 aromatic heterocycles.